The number of aliphatic carboxylic acids is 1. The Morgan fingerprint density at radius 2 is 2.05 bits per heavy atom. The van der Waals surface area contributed by atoms with Crippen molar-refractivity contribution in [1.29, 1.82) is 0 Å². The molecule has 0 saturated carbocycles. The van der Waals surface area contributed by atoms with Gasteiger partial charge in [0.05, 0.1) is 24.7 Å². The summed E-state index contributed by atoms with van der Waals surface area (Å²) in [5, 5.41) is 8.85. The van der Waals surface area contributed by atoms with E-state index >= 15 is 0 Å². The fraction of sp³-hybridized carbons (Fsp3) is 0.467. The van der Waals surface area contributed by atoms with Gasteiger partial charge >= 0.3 is 5.97 Å². The molecule has 118 valence electrons. The van der Waals surface area contributed by atoms with E-state index in [0.717, 1.165) is 0 Å². The lowest BCUT2D eigenvalue weighted by atomic mass is 10.1. The number of hydrogen-bond acceptors (Lipinski definition) is 5. The van der Waals surface area contributed by atoms with E-state index in [2.05, 4.69) is 0 Å². The molecule has 2 aliphatic heterocycles. The van der Waals surface area contributed by atoms with Gasteiger partial charge in [0.25, 0.3) is 5.91 Å². The average Bonchev–Trinajstić information content (AvgIpc) is 2.53. The summed E-state index contributed by atoms with van der Waals surface area (Å²) in [4.78, 5) is 25.1. The number of carboxylic acids is 1. The predicted molar refractivity (Wildman–Crippen MR) is 75.3 cm³/mol. The van der Waals surface area contributed by atoms with Gasteiger partial charge in [0.2, 0.25) is 0 Å². The summed E-state index contributed by atoms with van der Waals surface area (Å²) in [6, 6.07) is 5.20. The van der Waals surface area contributed by atoms with E-state index in [4.69, 9.17) is 19.3 Å². The summed E-state index contributed by atoms with van der Waals surface area (Å²) < 4.78 is 16.4. The van der Waals surface area contributed by atoms with E-state index < -0.39 is 12.1 Å². The van der Waals surface area contributed by atoms with Gasteiger partial charge in [-0.15, -0.1) is 0 Å². The van der Waals surface area contributed by atoms with Crippen LogP contribution in [0, 0.1) is 0 Å². The van der Waals surface area contributed by atoms with E-state index in [-0.39, 0.29) is 18.9 Å². The van der Waals surface area contributed by atoms with Crippen molar-refractivity contribution in [2.45, 2.75) is 12.5 Å². The van der Waals surface area contributed by atoms with Gasteiger partial charge in [-0.05, 0) is 12.1 Å². The summed E-state index contributed by atoms with van der Waals surface area (Å²) in [5.41, 5.74) is 0.438. The van der Waals surface area contributed by atoms with Crippen LogP contribution >= 0.6 is 0 Å². The Kier molecular flexibility index (Phi) is 4.15. The molecule has 1 aromatic rings. The van der Waals surface area contributed by atoms with Crippen molar-refractivity contribution in [3.05, 3.63) is 23.8 Å². The van der Waals surface area contributed by atoms with Gasteiger partial charge in [0.1, 0.15) is 13.2 Å². The highest BCUT2D eigenvalue weighted by molar-refractivity contribution is 5.98. The Bertz CT molecular complexity index is 587. The average molecular weight is 307 g/mol. The maximum atomic E-state index is 12.7. The number of hydrogen-bond donors (Lipinski definition) is 1. The number of ether oxygens (including phenoxy) is 3. The molecule has 0 radical (unpaired) electrons. The molecule has 7 heteroatoms. The lowest BCUT2D eigenvalue weighted by Crippen LogP contribution is -2.46. The standard InChI is InChI=1S/C15H17NO6/c17-13(18)8-10-9-16(4-5-20-10)15(19)11-2-1-3-12-14(11)22-7-6-21-12/h1-3,10H,4-9H2,(H,17,18)/t10-/m1/s1. The molecular formula is C15H17NO6. The summed E-state index contributed by atoms with van der Waals surface area (Å²) in [6.45, 7) is 1.89. The van der Waals surface area contributed by atoms with Crippen LogP contribution in [-0.4, -0.2) is 60.9 Å². The first kappa shape index (κ1) is 14.6. The van der Waals surface area contributed by atoms with Gasteiger partial charge in [0, 0.05) is 13.1 Å². The zero-order valence-electron chi connectivity index (χ0n) is 12.0. The Balaban J connectivity index is 1.77. The van der Waals surface area contributed by atoms with Crippen molar-refractivity contribution in [3.8, 4) is 11.5 Å². The largest absolute Gasteiger partial charge is 0.486 e. The fourth-order valence-corrected chi connectivity index (χ4v) is 2.63. The van der Waals surface area contributed by atoms with E-state index in [9.17, 15) is 9.59 Å². The van der Waals surface area contributed by atoms with Crippen molar-refractivity contribution in [2.24, 2.45) is 0 Å². The smallest absolute Gasteiger partial charge is 0.306 e. The minimum absolute atomic E-state index is 0.115. The summed E-state index contributed by atoms with van der Waals surface area (Å²) >= 11 is 0. The number of benzene rings is 1. The van der Waals surface area contributed by atoms with Gasteiger partial charge in [-0.25, -0.2) is 0 Å². The number of morpholine rings is 1. The second-order valence-corrected chi connectivity index (χ2v) is 5.17. The van der Waals surface area contributed by atoms with Crippen LogP contribution in [0.3, 0.4) is 0 Å². The number of carboxylic acid groups (broad SMARTS) is 1. The van der Waals surface area contributed by atoms with Crippen LogP contribution in [0.5, 0.6) is 11.5 Å². The van der Waals surface area contributed by atoms with E-state index in [1.807, 2.05) is 0 Å². The fourth-order valence-electron chi connectivity index (χ4n) is 2.63. The Morgan fingerprint density at radius 1 is 1.23 bits per heavy atom. The van der Waals surface area contributed by atoms with Crippen LogP contribution in [0.25, 0.3) is 0 Å². The first-order chi connectivity index (χ1) is 10.6. The maximum Gasteiger partial charge on any atom is 0.306 e. The minimum atomic E-state index is -0.937. The molecule has 3 rings (SSSR count). The monoisotopic (exact) mass is 307 g/mol. The van der Waals surface area contributed by atoms with E-state index in [0.29, 0.717) is 43.4 Å². The van der Waals surface area contributed by atoms with Crippen molar-refractivity contribution < 1.29 is 28.9 Å². The zero-order chi connectivity index (χ0) is 15.5. The molecule has 1 fully saturated rings. The normalized spacial score (nSPS) is 20.5. The number of carbonyl (C=O) groups excluding carboxylic acids is 1. The third kappa shape index (κ3) is 2.99. The topological polar surface area (TPSA) is 85.3 Å². The van der Waals surface area contributed by atoms with Crippen LogP contribution < -0.4 is 9.47 Å². The highest BCUT2D eigenvalue weighted by Gasteiger charge is 2.29. The lowest BCUT2D eigenvalue weighted by molar-refractivity contribution is -0.141. The minimum Gasteiger partial charge on any atom is -0.486 e. The Hall–Kier alpha value is -2.28. The van der Waals surface area contributed by atoms with Gasteiger partial charge in [-0.1, -0.05) is 6.07 Å². The SMILES string of the molecule is O=C(O)C[C@@H]1CN(C(=O)c2cccc3c2OCCO3)CCO1. The quantitative estimate of drug-likeness (QED) is 0.888. The molecule has 7 nitrogen and oxygen atoms in total. The highest BCUT2D eigenvalue weighted by Crippen LogP contribution is 2.34. The maximum absolute atomic E-state index is 12.7. The van der Waals surface area contributed by atoms with Gasteiger partial charge in [0.15, 0.2) is 11.5 Å². The number of fused-ring (bicyclic) bond motifs is 1. The van der Waals surface area contributed by atoms with Crippen LogP contribution in [0.4, 0.5) is 0 Å². The third-order valence-corrected chi connectivity index (χ3v) is 3.62. The first-order valence-corrected chi connectivity index (χ1v) is 7.16. The summed E-state index contributed by atoms with van der Waals surface area (Å²) in [7, 11) is 0. The lowest BCUT2D eigenvalue weighted by Gasteiger charge is -2.33. The molecule has 0 aliphatic carbocycles. The molecule has 1 saturated heterocycles. The van der Waals surface area contributed by atoms with Crippen LogP contribution in [-0.2, 0) is 9.53 Å². The number of amides is 1. The first-order valence-electron chi connectivity index (χ1n) is 7.16. The number of carbonyl (C=O) groups is 2. The number of nitrogens with zero attached hydrogens (tertiary/aromatic N) is 1. The summed E-state index contributed by atoms with van der Waals surface area (Å²) in [5.74, 6) is -0.110. The molecule has 0 bridgehead atoms. The van der Waals surface area contributed by atoms with Gasteiger partial charge < -0.3 is 24.2 Å². The van der Waals surface area contributed by atoms with E-state index in [1.165, 1.54) is 0 Å². The van der Waals surface area contributed by atoms with Crippen molar-refractivity contribution >= 4 is 11.9 Å². The second kappa shape index (κ2) is 6.23. The molecule has 1 amide bonds. The Labute approximate surface area is 127 Å². The van der Waals surface area contributed by atoms with Crippen LogP contribution in [0.2, 0.25) is 0 Å². The Morgan fingerprint density at radius 3 is 2.86 bits per heavy atom. The molecule has 1 aromatic carbocycles. The number of para-hydroxylation sites is 1. The van der Waals surface area contributed by atoms with Gasteiger partial charge in [-0.3, -0.25) is 9.59 Å². The second-order valence-electron chi connectivity index (χ2n) is 5.17. The highest BCUT2D eigenvalue weighted by atomic mass is 16.6. The van der Waals surface area contributed by atoms with Gasteiger partial charge in [-0.2, -0.15) is 0 Å². The molecule has 22 heavy (non-hydrogen) atoms. The summed E-state index contributed by atoms with van der Waals surface area (Å²) in [6.07, 6.45) is -0.595. The third-order valence-electron chi connectivity index (χ3n) is 3.62. The van der Waals surface area contributed by atoms with E-state index in [1.54, 1.807) is 23.1 Å². The van der Waals surface area contributed by atoms with Crippen molar-refractivity contribution in [1.82, 2.24) is 4.90 Å². The van der Waals surface area contributed by atoms with Crippen molar-refractivity contribution in [3.63, 3.8) is 0 Å². The molecule has 0 spiro atoms. The van der Waals surface area contributed by atoms with Crippen LogP contribution in [0.1, 0.15) is 16.8 Å². The predicted octanol–water partition coefficient (Wildman–Crippen LogP) is 0.773. The molecule has 0 unspecified atom stereocenters. The molecule has 2 heterocycles. The molecule has 1 N–H and O–H groups in total. The molecule has 1 atom stereocenters. The molecule has 0 aromatic heterocycles. The molecular weight excluding hydrogens is 290 g/mol. The zero-order valence-corrected chi connectivity index (χ0v) is 12.0. The van der Waals surface area contributed by atoms with Crippen molar-refractivity contribution in [2.75, 3.05) is 32.9 Å². The van der Waals surface area contributed by atoms with Crippen LogP contribution in [0.15, 0.2) is 18.2 Å². The molecule has 2 aliphatic rings. The number of rotatable bonds is 3.